The molecule has 0 spiro atoms. The van der Waals surface area contributed by atoms with E-state index in [1.165, 1.54) is 19.0 Å². The third-order valence-electron chi connectivity index (χ3n) is 4.33. The Morgan fingerprint density at radius 2 is 2.48 bits per heavy atom. The molecule has 7 heteroatoms. The fraction of sp³-hybridized carbons (Fsp3) is 0.714. The van der Waals surface area contributed by atoms with E-state index in [0.717, 1.165) is 19.7 Å². The van der Waals surface area contributed by atoms with E-state index >= 15 is 0 Å². The lowest BCUT2D eigenvalue weighted by Gasteiger charge is -2.35. The smallest absolute Gasteiger partial charge is 0.271 e. The number of ether oxygens (including phenoxy) is 1. The number of aryl methyl sites for hydroxylation is 1. The van der Waals surface area contributed by atoms with Gasteiger partial charge in [0.05, 0.1) is 24.6 Å². The third kappa shape index (κ3) is 2.89. The predicted octanol–water partition coefficient (Wildman–Crippen LogP) is 0.0782. The molecule has 0 radical (unpaired) electrons. The summed E-state index contributed by atoms with van der Waals surface area (Å²) in [6.45, 7) is 5.88. The van der Waals surface area contributed by atoms with Crippen LogP contribution in [0.3, 0.4) is 0 Å². The molecule has 0 aliphatic carbocycles. The zero-order valence-electron chi connectivity index (χ0n) is 12.4. The zero-order chi connectivity index (χ0) is 14.8. The van der Waals surface area contributed by atoms with Gasteiger partial charge in [-0.1, -0.05) is 0 Å². The molecule has 1 amide bonds. The Labute approximate surface area is 124 Å². The number of nitrogen functional groups attached to an aromatic ring is 1. The van der Waals surface area contributed by atoms with Crippen LogP contribution in [0.5, 0.6) is 0 Å². The molecule has 2 fully saturated rings. The fourth-order valence-electron chi connectivity index (χ4n) is 3.19. The van der Waals surface area contributed by atoms with Crippen LogP contribution < -0.4 is 11.1 Å². The van der Waals surface area contributed by atoms with Gasteiger partial charge in [0, 0.05) is 25.7 Å². The van der Waals surface area contributed by atoms with Gasteiger partial charge in [0.25, 0.3) is 5.91 Å². The van der Waals surface area contributed by atoms with Gasteiger partial charge in [-0.15, -0.1) is 0 Å². The minimum Gasteiger partial charge on any atom is -0.396 e. The van der Waals surface area contributed by atoms with Gasteiger partial charge in [-0.25, -0.2) is 0 Å². The number of morpholine rings is 1. The van der Waals surface area contributed by atoms with Crippen LogP contribution in [0.15, 0.2) is 6.20 Å². The van der Waals surface area contributed by atoms with Crippen molar-refractivity contribution in [3.63, 3.8) is 0 Å². The second kappa shape index (κ2) is 6.03. The Balaban J connectivity index is 1.55. The van der Waals surface area contributed by atoms with E-state index in [9.17, 15) is 4.79 Å². The monoisotopic (exact) mass is 293 g/mol. The first-order valence-electron chi connectivity index (χ1n) is 7.64. The van der Waals surface area contributed by atoms with Crippen molar-refractivity contribution in [2.24, 2.45) is 0 Å². The average Bonchev–Trinajstić information content (AvgIpc) is 3.10. The van der Waals surface area contributed by atoms with Gasteiger partial charge in [-0.05, 0) is 26.3 Å². The second-order valence-electron chi connectivity index (χ2n) is 5.72. The molecule has 3 heterocycles. The largest absolute Gasteiger partial charge is 0.396 e. The van der Waals surface area contributed by atoms with Gasteiger partial charge in [-0.3, -0.25) is 14.4 Å². The van der Waals surface area contributed by atoms with Crippen molar-refractivity contribution in [3.05, 3.63) is 11.9 Å². The van der Waals surface area contributed by atoms with Crippen molar-refractivity contribution in [1.82, 2.24) is 20.0 Å². The summed E-state index contributed by atoms with van der Waals surface area (Å²) >= 11 is 0. The molecule has 7 nitrogen and oxygen atoms in total. The number of nitrogens with two attached hydrogens (primary N) is 1. The van der Waals surface area contributed by atoms with Crippen LogP contribution in [0.1, 0.15) is 30.3 Å². The molecule has 0 saturated carbocycles. The molecule has 2 saturated heterocycles. The number of hydrogen-bond acceptors (Lipinski definition) is 5. The summed E-state index contributed by atoms with van der Waals surface area (Å²) in [6.07, 6.45) is 4.05. The number of nitrogens with zero attached hydrogens (tertiary/aromatic N) is 3. The number of anilines is 1. The highest BCUT2D eigenvalue weighted by Crippen LogP contribution is 2.22. The van der Waals surface area contributed by atoms with Gasteiger partial charge in [0.15, 0.2) is 0 Å². The molecule has 0 aromatic carbocycles. The minimum absolute atomic E-state index is 0.0579. The standard InChI is InChI=1S/C14H23N5O2/c1-2-19-13(12(15)7-17-19)14(20)16-6-11-8-18-5-3-4-10(18)9-21-11/h7,10-11H,2-6,8-9,15H2,1H3,(H,16,20). The van der Waals surface area contributed by atoms with Gasteiger partial charge >= 0.3 is 0 Å². The van der Waals surface area contributed by atoms with E-state index < -0.39 is 0 Å². The zero-order valence-corrected chi connectivity index (χ0v) is 12.4. The van der Waals surface area contributed by atoms with Gasteiger partial charge in [0.2, 0.25) is 0 Å². The van der Waals surface area contributed by atoms with E-state index in [-0.39, 0.29) is 12.0 Å². The number of hydrogen-bond donors (Lipinski definition) is 2. The van der Waals surface area contributed by atoms with Crippen LogP contribution >= 0.6 is 0 Å². The van der Waals surface area contributed by atoms with Crippen LogP contribution in [0.25, 0.3) is 0 Å². The molecule has 2 atom stereocenters. The van der Waals surface area contributed by atoms with Crippen LogP contribution in [0.4, 0.5) is 5.69 Å². The number of nitrogens with one attached hydrogen (secondary N) is 1. The van der Waals surface area contributed by atoms with E-state index in [2.05, 4.69) is 15.3 Å². The Morgan fingerprint density at radius 3 is 3.29 bits per heavy atom. The first kappa shape index (κ1) is 14.3. The van der Waals surface area contributed by atoms with Crippen LogP contribution in [-0.4, -0.2) is 59.0 Å². The lowest BCUT2D eigenvalue weighted by Crippen LogP contribution is -2.50. The Morgan fingerprint density at radius 1 is 1.62 bits per heavy atom. The van der Waals surface area contributed by atoms with E-state index in [1.807, 2.05) is 6.92 Å². The molecule has 3 rings (SSSR count). The molecular formula is C14H23N5O2. The number of carbonyl (C=O) groups excluding carboxylic acids is 1. The highest BCUT2D eigenvalue weighted by Gasteiger charge is 2.32. The molecule has 1 aromatic heterocycles. The molecule has 2 aliphatic rings. The number of fused-ring (bicyclic) bond motifs is 1. The highest BCUT2D eigenvalue weighted by atomic mass is 16.5. The lowest BCUT2D eigenvalue weighted by molar-refractivity contribution is -0.0462. The highest BCUT2D eigenvalue weighted by molar-refractivity contribution is 5.97. The maximum absolute atomic E-state index is 12.3. The summed E-state index contributed by atoms with van der Waals surface area (Å²) in [6, 6.07) is 0.578. The topological polar surface area (TPSA) is 85.4 Å². The number of rotatable bonds is 4. The Hall–Kier alpha value is -1.60. The van der Waals surface area contributed by atoms with Crippen molar-refractivity contribution >= 4 is 11.6 Å². The molecule has 3 N–H and O–H groups in total. The van der Waals surface area contributed by atoms with Crippen LogP contribution in [0, 0.1) is 0 Å². The molecule has 1 aromatic rings. The second-order valence-corrected chi connectivity index (χ2v) is 5.72. The van der Waals surface area contributed by atoms with E-state index in [4.69, 9.17) is 10.5 Å². The molecule has 21 heavy (non-hydrogen) atoms. The van der Waals surface area contributed by atoms with Crippen LogP contribution in [0.2, 0.25) is 0 Å². The van der Waals surface area contributed by atoms with E-state index in [1.54, 1.807) is 4.68 Å². The molecule has 0 bridgehead atoms. The molecule has 2 aliphatic heterocycles. The van der Waals surface area contributed by atoms with Crippen molar-refractivity contribution in [2.75, 3.05) is 32.0 Å². The normalized spacial score (nSPS) is 25.8. The average molecular weight is 293 g/mol. The first-order chi connectivity index (χ1) is 10.2. The first-order valence-corrected chi connectivity index (χ1v) is 7.64. The van der Waals surface area contributed by atoms with Crippen LogP contribution in [-0.2, 0) is 11.3 Å². The summed E-state index contributed by atoms with van der Waals surface area (Å²) in [5.74, 6) is -0.181. The Kier molecular flexibility index (Phi) is 4.12. The number of carbonyl (C=O) groups is 1. The predicted molar refractivity (Wildman–Crippen MR) is 79.0 cm³/mol. The van der Waals surface area contributed by atoms with Gasteiger partial charge < -0.3 is 15.8 Å². The maximum Gasteiger partial charge on any atom is 0.271 e. The Bertz CT molecular complexity index is 515. The number of amides is 1. The summed E-state index contributed by atoms with van der Waals surface area (Å²) in [4.78, 5) is 14.7. The van der Waals surface area contributed by atoms with Crippen molar-refractivity contribution < 1.29 is 9.53 Å². The summed E-state index contributed by atoms with van der Waals surface area (Å²) in [7, 11) is 0. The summed E-state index contributed by atoms with van der Waals surface area (Å²) < 4.78 is 7.45. The lowest BCUT2D eigenvalue weighted by atomic mass is 10.2. The fourth-order valence-corrected chi connectivity index (χ4v) is 3.19. The van der Waals surface area contributed by atoms with Gasteiger partial charge in [-0.2, -0.15) is 5.10 Å². The summed E-state index contributed by atoms with van der Waals surface area (Å²) in [5, 5.41) is 7.00. The SMILES string of the molecule is CCn1ncc(N)c1C(=O)NCC1CN2CCCC2CO1. The maximum atomic E-state index is 12.3. The van der Waals surface area contributed by atoms with Gasteiger partial charge in [0.1, 0.15) is 5.69 Å². The van der Waals surface area contributed by atoms with Crippen molar-refractivity contribution in [2.45, 2.75) is 38.5 Å². The molecule has 116 valence electrons. The minimum atomic E-state index is -0.181. The molecular weight excluding hydrogens is 270 g/mol. The molecule has 2 unspecified atom stereocenters. The van der Waals surface area contributed by atoms with E-state index in [0.29, 0.717) is 30.5 Å². The van der Waals surface area contributed by atoms with Crippen molar-refractivity contribution in [1.29, 1.82) is 0 Å². The number of aromatic nitrogens is 2. The summed E-state index contributed by atoms with van der Waals surface area (Å²) in [5.41, 5.74) is 6.67. The van der Waals surface area contributed by atoms with Crippen molar-refractivity contribution in [3.8, 4) is 0 Å². The quantitative estimate of drug-likeness (QED) is 0.821. The third-order valence-corrected chi connectivity index (χ3v) is 4.33.